The third-order valence-electron chi connectivity index (χ3n) is 4.51. The first kappa shape index (κ1) is 24.0. The van der Waals surface area contributed by atoms with E-state index in [4.69, 9.17) is 10.8 Å². The number of carbonyl (C=O) groups is 1. The average Bonchev–Trinajstić information content (AvgIpc) is 2.66. The molecule has 0 spiro atoms. The van der Waals surface area contributed by atoms with Crippen molar-refractivity contribution in [2.24, 2.45) is 5.73 Å². The fourth-order valence-corrected chi connectivity index (χ4v) is 2.86. The Balaban J connectivity index is 0.000000311. The van der Waals surface area contributed by atoms with Gasteiger partial charge in [-0.05, 0) is 36.7 Å². The topological polar surface area (TPSA) is 75.4 Å². The summed E-state index contributed by atoms with van der Waals surface area (Å²) in [5, 5.41) is 11.4. The van der Waals surface area contributed by atoms with Crippen LogP contribution < -0.4 is 11.1 Å². The Morgan fingerprint density at radius 3 is 2.25 bits per heavy atom. The molecule has 0 amide bonds. The summed E-state index contributed by atoms with van der Waals surface area (Å²) in [6, 6.07) is 3.17. The normalized spacial score (nSPS) is 13.0. The van der Waals surface area contributed by atoms with Gasteiger partial charge in [0.2, 0.25) is 0 Å². The lowest BCUT2D eigenvalue weighted by Gasteiger charge is -2.18. The summed E-state index contributed by atoms with van der Waals surface area (Å²) >= 11 is 0. The number of anilines is 1. The molecule has 1 aliphatic rings. The summed E-state index contributed by atoms with van der Waals surface area (Å²) < 4.78 is 37.3. The zero-order chi connectivity index (χ0) is 21.0. The van der Waals surface area contributed by atoms with Crippen LogP contribution in [0.4, 0.5) is 18.9 Å². The molecular formula is C21H31F3N2O2. The van der Waals surface area contributed by atoms with Crippen molar-refractivity contribution in [1.29, 1.82) is 0 Å². The van der Waals surface area contributed by atoms with E-state index in [1.165, 1.54) is 63.5 Å². The van der Waals surface area contributed by atoms with Crippen LogP contribution in [0.3, 0.4) is 0 Å². The third kappa shape index (κ3) is 8.78. The molecule has 1 aromatic rings. The predicted octanol–water partition coefficient (Wildman–Crippen LogP) is 5.68. The van der Waals surface area contributed by atoms with Crippen molar-refractivity contribution < 1.29 is 23.1 Å². The Kier molecular flexibility index (Phi) is 10.7. The number of rotatable bonds is 9. The lowest BCUT2D eigenvalue weighted by Crippen LogP contribution is -2.17. The number of carboxylic acid groups (broad SMARTS) is 1. The summed E-state index contributed by atoms with van der Waals surface area (Å²) in [7, 11) is 0. The van der Waals surface area contributed by atoms with E-state index in [0.717, 1.165) is 18.7 Å². The smallest absolute Gasteiger partial charge is 0.416 e. The Hall–Kier alpha value is -2.02. The summed E-state index contributed by atoms with van der Waals surface area (Å²) in [5.74, 6) is -1.08. The molecule has 4 nitrogen and oxygen atoms in total. The molecule has 0 atom stereocenters. The molecule has 0 saturated carbocycles. The molecule has 0 fully saturated rings. The maximum absolute atomic E-state index is 12.4. The van der Waals surface area contributed by atoms with E-state index in [9.17, 15) is 18.0 Å². The highest BCUT2D eigenvalue weighted by atomic mass is 19.4. The Morgan fingerprint density at radius 1 is 1.11 bits per heavy atom. The Labute approximate surface area is 165 Å². The molecule has 0 saturated heterocycles. The summed E-state index contributed by atoms with van der Waals surface area (Å²) in [5.41, 5.74) is 5.50. The van der Waals surface area contributed by atoms with Gasteiger partial charge in [0.15, 0.2) is 0 Å². The molecule has 1 heterocycles. The predicted molar refractivity (Wildman–Crippen MR) is 107 cm³/mol. The van der Waals surface area contributed by atoms with Crippen LogP contribution in [0.15, 0.2) is 23.8 Å². The molecule has 0 bridgehead atoms. The fourth-order valence-electron chi connectivity index (χ4n) is 2.86. The lowest BCUT2D eigenvalue weighted by atomic mass is 10.0. The molecule has 1 aromatic carbocycles. The molecule has 0 unspecified atom stereocenters. The van der Waals surface area contributed by atoms with Gasteiger partial charge in [0.1, 0.15) is 0 Å². The number of alkyl halides is 3. The number of benzene rings is 1. The fraction of sp³-hybridized carbons (Fsp3) is 0.571. The van der Waals surface area contributed by atoms with Gasteiger partial charge in [-0.3, -0.25) is 0 Å². The van der Waals surface area contributed by atoms with Gasteiger partial charge in [-0.1, -0.05) is 57.9 Å². The van der Waals surface area contributed by atoms with Crippen LogP contribution in [-0.4, -0.2) is 24.2 Å². The molecule has 158 valence electrons. The molecule has 0 aliphatic carbocycles. The van der Waals surface area contributed by atoms with Gasteiger partial charge in [0, 0.05) is 12.2 Å². The number of nitrogens with two attached hydrogens (primary N) is 1. The minimum absolute atomic E-state index is 0.0175. The zero-order valence-corrected chi connectivity index (χ0v) is 16.4. The first-order valence-electron chi connectivity index (χ1n) is 9.88. The number of nitrogens with one attached hydrogen (secondary N) is 1. The molecule has 0 radical (unpaired) electrons. The van der Waals surface area contributed by atoms with Crippen LogP contribution in [0.5, 0.6) is 0 Å². The Morgan fingerprint density at radius 2 is 1.71 bits per heavy atom. The molecule has 0 aromatic heterocycles. The van der Waals surface area contributed by atoms with Crippen LogP contribution in [-0.2, 0) is 11.0 Å². The summed E-state index contributed by atoms with van der Waals surface area (Å²) in [6.45, 7) is 3.15. The lowest BCUT2D eigenvalue weighted by molar-refractivity contribution is -0.137. The molecule has 2 rings (SSSR count). The van der Waals surface area contributed by atoms with Crippen LogP contribution in [0.1, 0.15) is 69.4 Å². The van der Waals surface area contributed by atoms with Gasteiger partial charge in [0.05, 0.1) is 11.1 Å². The second kappa shape index (κ2) is 12.4. The first-order valence-corrected chi connectivity index (χ1v) is 9.88. The van der Waals surface area contributed by atoms with Gasteiger partial charge in [0.25, 0.3) is 0 Å². The average molecular weight is 400 g/mol. The maximum Gasteiger partial charge on any atom is 0.416 e. The number of fused-ring (bicyclic) bond motifs is 1. The van der Waals surface area contributed by atoms with E-state index >= 15 is 0 Å². The van der Waals surface area contributed by atoms with E-state index in [2.05, 4.69) is 12.2 Å². The number of halogens is 3. The van der Waals surface area contributed by atoms with E-state index in [0.29, 0.717) is 11.3 Å². The van der Waals surface area contributed by atoms with Crippen molar-refractivity contribution in [2.45, 2.75) is 64.5 Å². The Bertz CT molecular complexity index is 635. The minimum atomic E-state index is -4.40. The SMILES string of the molecule is CCCCCCCCCCN.O=C(O)C1=Cc2ccc(C(F)(F)F)cc2NC1. The molecular weight excluding hydrogens is 369 g/mol. The number of hydrogen-bond acceptors (Lipinski definition) is 3. The number of carboxylic acids is 1. The van der Waals surface area contributed by atoms with Crippen molar-refractivity contribution in [3.8, 4) is 0 Å². The summed E-state index contributed by atoms with van der Waals surface area (Å²) in [6.07, 6.45) is 7.95. The second-order valence-electron chi connectivity index (χ2n) is 6.89. The van der Waals surface area contributed by atoms with Crippen molar-refractivity contribution in [3.05, 3.63) is 34.9 Å². The van der Waals surface area contributed by atoms with E-state index < -0.39 is 17.7 Å². The quantitative estimate of drug-likeness (QED) is 0.466. The molecule has 28 heavy (non-hydrogen) atoms. The molecule has 7 heteroatoms. The van der Waals surface area contributed by atoms with E-state index in [1.54, 1.807) is 0 Å². The third-order valence-corrected chi connectivity index (χ3v) is 4.51. The number of aliphatic carboxylic acids is 1. The monoisotopic (exact) mass is 400 g/mol. The van der Waals surface area contributed by atoms with Crippen molar-refractivity contribution in [2.75, 3.05) is 18.4 Å². The van der Waals surface area contributed by atoms with Crippen molar-refractivity contribution in [1.82, 2.24) is 0 Å². The highest BCUT2D eigenvalue weighted by Gasteiger charge is 2.31. The van der Waals surface area contributed by atoms with Crippen LogP contribution in [0.25, 0.3) is 6.08 Å². The minimum Gasteiger partial charge on any atom is -0.478 e. The van der Waals surface area contributed by atoms with Crippen LogP contribution in [0.2, 0.25) is 0 Å². The molecule has 1 aliphatic heterocycles. The van der Waals surface area contributed by atoms with Gasteiger partial charge in [-0.2, -0.15) is 13.2 Å². The van der Waals surface area contributed by atoms with Gasteiger partial charge in [-0.15, -0.1) is 0 Å². The molecule has 4 N–H and O–H groups in total. The van der Waals surface area contributed by atoms with Crippen molar-refractivity contribution >= 4 is 17.7 Å². The standard InChI is InChI=1S/C11H8F3NO2.C10H23N/c12-11(13,14)8-2-1-6-3-7(10(16)17)5-15-9(6)4-8;1-2-3-4-5-6-7-8-9-10-11/h1-4,15H,5H2,(H,16,17);2-11H2,1H3. The van der Waals surface area contributed by atoms with Crippen LogP contribution >= 0.6 is 0 Å². The van der Waals surface area contributed by atoms with E-state index in [-0.39, 0.29) is 12.1 Å². The largest absolute Gasteiger partial charge is 0.478 e. The number of hydrogen-bond donors (Lipinski definition) is 3. The first-order chi connectivity index (χ1) is 13.3. The highest BCUT2D eigenvalue weighted by Crippen LogP contribution is 2.34. The summed E-state index contributed by atoms with van der Waals surface area (Å²) in [4.78, 5) is 10.7. The zero-order valence-electron chi connectivity index (χ0n) is 16.4. The van der Waals surface area contributed by atoms with E-state index in [1.807, 2.05) is 0 Å². The van der Waals surface area contributed by atoms with Gasteiger partial charge in [-0.25, -0.2) is 4.79 Å². The van der Waals surface area contributed by atoms with Gasteiger partial charge >= 0.3 is 12.1 Å². The number of unbranched alkanes of at least 4 members (excludes halogenated alkanes) is 7. The second-order valence-corrected chi connectivity index (χ2v) is 6.89. The highest BCUT2D eigenvalue weighted by molar-refractivity contribution is 5.96. The maximum atomic E-state index is 12.4. The van der Waals surface area contributed by atoms with Crippen molar-refractivity contribution in [3.63, 3.8) is 0 Å². The van der Waals surface area contributed by atoms with Crippen LogP contribution in [0, 0.1) is 0 Å². The van der Waals surface area contributed by atoms with Gasteiger partial charge < -0.3 is 16.2 Å².